The Morgan fingerprint density at radius 2 is 2.08 bits per heavy atom. The maximum atomic E-state index is 11.3. The topological polar surface area (TPSA) is 43.4 Å². The predicted octanol–water partition coefficient (Wildman–Crippen LogP) is 2.58. The first-order chi connectivity index (χ1) is 5.95. The van der Waals surface area contributed by atoms with Crippen molar-refractivity contribution in [1.82, 2.24) is 0 Å². The number of rotatable bonds is 2. The van der Waals surface area contributed by atoms with Crippen LogP contribution in [0, 0.1) is 0 Å². The lowest BCUT2D eigenvalue weighted by molar-refractivity contribution is 0.403. The van der Waals surface area contributed by atoms with Gasteiger partial charge in [-0.2, -0.15) is 0 Å². The van der Waals surface area contributed by atoms with Gasteiger partial charge < -0.3 is 4.74 Å². The van der Waals surface area contributed by atoms with Gasteiger partial charge in [0.25, 0.3) is 0 Å². The molecule has 6 heteroatoms. The molecule has 0 unspecified atom stereocenters. The van der Waals surface area contributed by atoms with Crippen LogP contribution in [-0.4, -0.2) is 15.5 Å². The number of ether oxygens (including phenoxy) is 1. The van der Waals surface area contributed by atoms with Crippen molar-refractivity contribution in [3.8, 4) is 5.75 Å². The van der Waals surface area contributed by atoms with Crippen molar-refractivity contribution < 1.29 is 13.2 Å². The van der Waals surface area contributed by atoms with E-state index in [1.54, 1.807) is 12.1 Å². The smallest absolute Gasteiger partial charge is 0.234 e. The molecule has 1 aromatic carbocycles. The highest BCUT2D eigenvalue weighted by Crippen LogP contribution is 2.30. The molecule has 0 aliphatic carbocycles. The Bertz CT molecular complexity index is 416. The Morgan fingerprint density at radius 1 is 1.46 bits per heavy atom. The highest BCUT2D eigenvalue weighted by Gasteiger charge is 2.15. The average molecular weight is 377 g/mol. The lowest BCUT2D eigenvalue weighted by Gasteiger charge is -2.05. The van der Waals surface area contributed by atoms with E-state index in [4.69, 9.17) is 4.74 Å². The SMILES string of the molecule is COc1ccc(Br)cc1S(=O)(=O)I. The van der Waals surface area contributed by atoms with Crippen LogP contribution in [0.5, 0.6) is 5.75 Å². The van der Waals surface area contributed by atoms with Crippen LogP contribution in [0.4, 0.5) is 0 Å². The fourth-order valence-corrected chi connectivity index (χ4v) is 3.05. The molecule has 0 spiro atoms. The molecule has 0 fully saturated rings. The Balaban J connectivity index is 3.41. The van der Waals surface area contributed by atoms with Crippen molar-refractivity contribution in [1.29, 1.82) is 0 Å². The van der Waals surface area contributed by atoms with E-state index in [2.05, 4.69) is 15.9 Å². The molecule has 3 nitrogen and oxygen atoms in total. The van der Waals surface area contributed by atoms with Crippen LogP contribution < -0.4 is 4.74 Å². The lowest BCUT2D eigenvalue weighted by atomic mass is 10.3. The Labute approximate surface area is 97.1 Å². The van der Waals surface area contributed by atoms with Crippen molar-refractivity contribution in [2.75, 3.05) is 7.11 Å². The molecule has 0 heterocycles. The highest BCUT2D eigenvalue weighted by molar-refractivity contribution is 14.2. The first-order valence-corrected chi connectivity index (χ1v) is 8.05. The highest BCUT2D eigenvalue weighted by atomic mass is 127. The molecule has 0 aliphatic heterocycles. The molecule has 0 N–H and O–H groups in total. The summed E-state index contributed by atoms with van der Waals surface area (Å²) in [7, 11) is -1.81. The van der Waals surface area contributed by atoms with Crippen LogP contribution in [0.25, 0.3) is 0 Å². The molecule has 0 atom stereocenters. The average Bonchev–Trinajstić information content (AvgIpc) is 2.03. The summed E-state index contributed by atoms with van der Waals surface area (Å²) < 4.78 is 28.1. The van der Waals surface area contributed by atoms with Gasteiger partial charge in [0.05, 0.1) is 28.3 Å². The van der Waals surface area contributed by atoms with E-state index in [1.807, 2.05) is 0 Å². The Kier molecular flexibility index (Phi) is 3.58. The minimum Gasteiger partial charge on any atom is -0.495 e. The van der Waals surface area contributed by atoms with Gasteiger partial charge in [-0.05, 0) is 18.2 Å². The van der Waals surface area contributed by atoms with Crippen LogP contribution in [0.3, 0.4) is 0 Å². The number of hydrogen-bond acceptors (Lipinski definition) is 3. The monoisotopic (exact) mass is 376 g/mol. The molecule has 72 valence electrons. The summed E-state index contributed by atoms with van der Waals surface area (Å²) in [5.41, 5.74) is 0. The zero-order valence-corrected chi connectivity index (χ0v) is 11.2. The first kappa shape index (κ1) is 11.3. The molecule has 0 bridgehead atoms. The van der Waals surface area contributed by atoms with E-state index in [0.29, 0.717) is 10.2 Å². The maximum absolute atomic E-state index is 11.3. The third-order valence-corrected chi connectivity index (χ3v) is 4.15. The van der Waals surface area contributed by atoms with Crippen molar-refractivity contribution in [3.05, 3.63) is 22.7 Å². The number of benzene rings is 1. The minimum absolute atomic E-state index is 0.185. The number of methoxy groups -OCH3 is 1. The van der Waals surface area contributed by atoms with Crippen LogP contribution in [-0.2, 0) is 7.01 Å². The van der Waals surface area contributed by atoms with Crippen molar-refractivity contribution in [2.45, 2.75) is 4.90 Å². The summed E-state index contributed by atoms with van der Waals surface area (Å²) in [6.07, 6.45) is 0. The van der Waals surface area contributed by atoms with Gasteiger partial charge in [-0.3, -0.25) is 0 Å². The van der Waals surface area contributed by atoms with Crippen LogP contribution >= 0.6 is 37.1 Å². The van der Waals surface area contributed by atoms with E-state index in [-0.39, 0.29) is 4.90 Å². The molecule has 0 amide bonds. The van der Waals surface area contributed by atoms with E-state index in [0.717, 1.165) is 0 Å². The third-order valence-electron chi connectivity index (χ3n) is 1.39. The molecule has 0 radical (unpaired) electrons. The lowest BCUT2D eigenvalue weighted by Crippen LogP contribution is -1.95. The fraction of sp³-hybridized carbons (Fsp3) is 0.143. The molecule has 1 rings (SSSR count). The Morgan fingerprint density at radius 3 is 2.54 bits per heavy atom. The van der Waals surface area contributed by atoms with Crippen LogP contribution in [0.2, 0.25) is 0 Å². The second kappa shape index (κ2) is 4.14. The van der Waals surface area contributed by atoms with Gasteiger partial charge in [-0.1, -0.05) is 15.9 Å². The van der Waals surface area contributed by atoms with E-state index >= 15 is 0 Å². The van der Waals surface area contributed by atoms with E-state index in [9.17, 15) is 8.42 Å². The quantitative estimate of drug-likeness (QED) is 0.588. The predicted molar refractivity (Wildman–Crippen MR) is 61.9 cm³/mol. The molecule has 0 saturated carbocycles. The summed E-state index contributed by atoms with van der Waals surface area (Å²) in [4.78, 5) is 0.185. The van der Waals surface area contributed by atoms with Gasteiger partial charge in [-0.25, -0.2) is 8.42 Å². The van der Waals surface area contributed by atoms with Crippen LogP contribution in [0.1, 0.15) is 0 Å². The number of hydrogen-bond donors (Lipinski definition) is 0. The molecule has 0 aliphatic rings. The summed E-state index contributed by atoms with van der Waals surface area (Å²) >= 11 is 4.57. The first-order valence-electron chi connectivity index (χ1n) is 3.23. The van der Waals surface area contributed by atoms with Gasteiger partial charge in [0.1, 0.15) is 10.6 Å². The fourth-order valence-electron chi connectivity index (χ4n) is 0.841. The van der Waals surface area contributed by atoms with Gasteiger partial charge in [-0.15, -0.1) is 0 Å². The normalized spacial score (nSPS) is 11.3. The summed E-state index contributed by atoms with van der Waals surface area (Å²) in [6, 6.07) is 4.85. The summed E-state index contributed by atoms with van der Waals surface area (Å²) in [6.45, 7) is 0. The zero-order chi connectivity index (χ0) is 10.1. The summed E-state index contributed by atoms with van der Waals surface area (Å²) in [5, 5.41) is 0. The Hall–Kier alpha value is 0.180. The largest absolute Gasteiger partial charge is 0.495 e. The zero-order valence-electron chi connectivity index (χ0n) is 6.62. The van der Waals surface area contributed by atoms with Crippen molar-refractivity contribution in [2.24, 2.45) is 0 Å². The molecule has 0 saturated heterocycles. The number of halogens is 2. The third kappa shape index (κ3) is 2.81. The van der Waals surface area contributed by atoms with Crippen molar-refractivity contribution >= 4 is 44.1 Å². The second-order valence-electron chi connectivity index (χ2n) is 2.23. The molecular formula is C7H6BrIO3S. The minimum atomic E-state index is -3.25. The molecule has 0 aromatic heterocycles. The maximum Gasteiger partial charge on any atom is 0.234 e. The van der Waals surface area contributed by atoms with Gasteiger partial charge in [0.15, 0.2) is 0 Å². The molecule has 1 aromatic rings. The molecule has 13 heavy (non-hydrogen) atoms. The van der Waals surface area contributed by atoms with Crippen molar-refractivity contribution in [3.63, 3.8) is 0 Å². The van der Waals surface area contributed by atoms with Gasteiger partial charge >= 0.3 is 0 Å². The van der Waals surface area contributed by atoms with E-state index < -0.39 is 7.01 Å². The molecular weight excluding hydrogens is 371 g/mol. The van der Waals surface area contributed by atoms with E-state index in [1.165, 1.54) is 34.4 Å². The summed E-state index contributed by atoms with van der Waals surface area (Å²) in [5.74, 6) is 0.359. The standard InChI is InChI=1S/C7H6BrIO3S/c1-12-6-3-2-5(8)4-7(6)13(9,10)11/h2-4H,1H3. The van der Waals surface area contributed by atoms with Crippen LogP contribution in [0.15, 0.2) is 27.6 Å². The van der Waals surface area contributed by atoms with Gasteiger partial charge in [0.2, 0.25) is 7.01 Å². The van der Waals surface area contributed by atoms with Gasteiger partial charge in [0, 0.05) is 4.47 Å². The second-order valence-corrected chi connectivity index (χ2v) is 7.94.